The van der Waals surface area contributed by atoms with Crippen molar-refractivity contribution in [1.29, 1.82) is 5.26 Å². The maximum atomic E-state index is 12.0. The van der Waals surface area contributed by atoms with E-state index in [2.05, 4.69) is 5.32 Å². The number of aryl methyl sites for hydroxylation is 1. The van der Waals surface area contributed by atoms with Crippen LogP contribution in [0.25, 0.3) is 0 Å². The summed E-state index contributed by atoms with van der Waals surface area (Å²) in [5, 5.41) is 11.6. The monoisotopic (exact) mass is 254 g/mol. The van der Waals surface area contributed by atoms with Crippen LogP contribution in [0.2, 0.25) is 0 Å². The molecule has 96 valence electrons. The molecule has 5 heteroatoms. The van der Waals surface area contributed by atoms with Crippen LogP contribution in [0.1, 0.15) is 11.3 Å². The largest absolute Gasteiger partial charge is 0.397 e. The molecule has 0 saturated heterocycles. The van der Waals surface area contributed by atoms with E-state index >= 15 is 0 Å². The Balaban J connectivity index is 2.13. The molecule has 0 aliphatic carbocycles. The summed E-state index contributed by atoms with van der Waals surface area (Å²) in [7, 11) is 0. The molecular formula is C14H14N4O. The van der Waals surface area contributed by atoms with Crippen molar-refractivity contribution in [2.75, 3.05) is 11.1 Å². The van der Waals surface area contributed by atoms with Gasteiger partial charge in [0.1, 0.15) is 18.3 Å². The third kappa shape index (κ3) is 2.75. The lowest BCUT2D eigenvalue weighted by atomic mass is 10.1. The van der Waals surface area contributed by atoms with E-state index in [4.69, 9.17) is 11.0 Å². The number of nitrogens with one attached hydrogen (secondary N) is 1. The van der Waals surface area contributed by atoms with Crippen LogP contribution in [0.5, 0.6) is 0 Å². The fourth-order valence-corrected chi connectivity index (χ4v) is 1.85. The predicted octanol–water partition coefficient (Wildman–Crippen LogP) is 1.89. The Bertz CT molecular complexity index is 631. The van der Waals surface area contributed by atoms with Crippen molar-refractivity contribution >= 4 is 17.3 Å². The van der Waals surface area contributed by atoms with Gasteiger partial charge in [-0.3, -0.25) is 4.79 Å². The van der Waals surface area contributed by atoms with Gasteiger partial charge in [-0.2, -0.15) is 5.26 Å². The van der Waals surface area contributed by atoms with Crippen LogP contribution < -0.4 is 11.1 Å². The summed E-state index contributed by atoms with van der Waals surface area (Å²) in [6, 6.07) is 10.9. The van der Waals surface area contributed by atoms with E-state index in [-0.39, 0.29) is 12.5 Å². The van der Waals surface area contributed by atoms with Gasteiger partial charge in [-0.15, -0.1) is 0 Å². The normalized spacial score (nSPS) is 9.89. The molecule has 0 aliphatic heterocycles. The smallest absolute Gasteiger partial charge is 0.244 e. The molecule has 1 aromatic heterocycles. The van der Waals surface area contributed by atoms with Gasteiger partial charge in [0, 0.05) is 6.20 Å². The first kappa shape index (κ1) is 12.7. The topological polar surface area (TPSA) is 83.8 Å². The van der Waals surface area contributed by atoms with Crippen molar-refractivity contribution in [2.45, 2.75) is 13.5 Å². The van der Waals surface area contributed by atoms with Gasteiger partial charge < -0.3 is 15.6 Å². The molecular weight excluding hydrogens is 240 g/mol. The van der Waals surface area contributed by atoms with E-state index in [1.54, 1.807) is 29.0 Å². The molecule has 19 heavy (non-hydrogen) atoms. The summed E-state index contributed by atoms with van der Waals surface area (Å²) < 4.78 is 1.59. The van der Waals surface area contributed by atoms with Gasteiger partial charge in [0.2, 0.25) is 5.91 Å². The van der Waals surface area contributed by atoms with Gasteiger partial charge in [-0.05, 0) is 30.7 Å². The lowest BCUT2D eigenvalue weighted by Crippen LogP contribution is -2.20. The van der Waals surface area contributed by atoms with Crippen LogP contribution in [0.3, 0.4) is 0 Å². The minimum Gasteiger partial charge on any atom is -0.397 e. The molecule has 2 aromatic rings. The lowest BCUT2D eigenvalue weighted by molar-refractivity contribution is -0.116. The number of hydrogen-bond acceptors (Lipinski definition) is 3. The zero-order chi connectivity index (χ0) is 13.8. The van der Waals surface area contributed by atoms with Crippen LogP contribution in [-0.2, 0) is 11.3 Å². The third-order valence-corrected chi connectivity index (χ3v) is 2.83. The Hall–Kier alpha value is -2.74. The number of rotatable bonds is 3. The number of nitrogens with two attached hydrogens (primary N) is 1. The minimum atomic E-state index is -0.214. The van der Waals surface area contributed by atoms with Crippen molar-refractivity contribution in [3.05, 3.63) is 47.8 Å². The van der Waals surface area contributed by atoms with Crippen LogP contribution >= 0.6 is 0 Å². The highest BCUT2D eigenvalue weighted by Gasteiger charge is 2.09. The first-order valence-corrected chi connectivity index (χ1v) is 5.82. The van der Waals surface area contributed by atoms with Crippen LogP contribution in [0, 0.1) is 18.3 Å². The molecule has 2 rings (SSSR count). The maximum Gasteiger partial charge on any atom is 0.244 e. The number of benzene rings is 1. The van der Waals surface area contributed by atoms with Crippen molar-refractivity contribution in [1.82, 2.24) is 4.57 Å². The number of carbonyl (C=O) groups excluding carboxylic acids is 1. The number of para-hydroxylation sites is 1. The van der Waals surface area contributed by atoms with Crippen LogP contribution in [0.4, 0.5) is 11.4 Å². The quantitative estimate of drug-likeness (QED) is 0.820. The molecule has 0 spiro atoms. The molecule has 0 aliphatic rings. The van der Waals surface area contributed by atoms with E-state index in [0.29, 0.717) is 17.1 Å². The Morgan fingerprint density at radius 2 is 2.21 bits per heavy atom. The van der Waals surface area contributed by atoms with Gasteiger partial charge in [0.15, 0.2) is 0 Å². The van der Waals surface area contributed by atoms with Gasteiger partial charge in [0.05, 0.1) is 11.4 Å². The van der Waals surface area contributed by atoms with E-state index in [9.17, 15) is 4.79 Å². The summed E-state index contributed by atoms with van der Waals surface area (Å²) >= 11 is 0. The standard InChI is InChI=1S/C14H14N4O/c1-10-4-2-6-12(16)14(10)17-13(19)9-18-7-3-5-11(18)8-15/h2-7H,9,16H2,1H3,(H,17,19). The highest BCUT2D eigenvalue weighted by Crippen LogP contribution is 2.22. The first-order valence-electron chi connectivity index (χ1n) is 5.82. The fraction of sp³-hybridized carbons (Fsp3) is 0.143. The number of amides is 1. The highest BCUT2D eigenvalue weighted by atomic mass is 16.1. The second-order valence-corrected chi connectivity index (χ2v) is 4.22. The second kappa shape index (κ2) is 5.27. The molecule has 0 saturated carbocycles. The maximum absolute atomic E-state index is 12.0. The summed E-state index contributed by atoms with van der Waals surface area (Å²) in [4.78, 5) is 12.0. The molecule has 0 fully saturated rings. The highest BCUT2D eigenvalue weighted by molar-refractivity contribution is 5.94. The van der Waals surface area contributed by atoms with E-state index in [1.165, 1.54) is 0 Å². The Labute approximate surface area is 111 Å². The number of carbonyl (C=O) groups is 1. The van der Waals surface area contributed by atoms with E-state index in [0.717, 1.165) is 5.56 Å². The molecule has 1 aromatic carbocycles. The molecule has 0 bridgehead atoms. The summed E-state index contributed by atoms with van der Waals surface area (Å²) in [5.74, 6) is -0.214. The summed E-state index contributed by atoms with van der Waals surface area (Å²) in [5.41, 5.74) is 8.33. The predicted molar refractivity (Wildman–Crippen MR) is 73.4 cm³/mol. The Kier molecular flexibility index (Phi) is 3.53. The first-order chi connectivity index (χ1) is 9.11. The van der Waals surface area contributed by atoms with Gasteiger partial charge in [-0.1, -0.05) is 12.1 Å². The Morgan fingerprint density at radius 3 is 2.89 bits per heavy atom. The lowest BCUT2D eigenvalue weighted by Gasteiger charge is -2.11. The van der Waals surface area contributed by atoms with Gasteiger partial charge in [0.25, 0.3) is 0 Å². The molecule has 5 nitrogen and oxygen atoms in total. The van der Waals surface area contributed by atoms with Crippen LogP contribution in [0.15, 0.2) is 36.5 Å². The van der Waals surface area contributed by atoms with Crippen molar-refractivity contribution in [3.63, 3.8) is 0 Å². The summed E-state index contributed by atoms with van der Waals surface area (Å²) in [6.07, 6.45) is 1.69. The Morgan fingerprint density at radius 1 is 1.42 bits per heavy atom. The zero-order valence-electron chi connectivity index (χ0n) is 10.6. The average molecular weight is 254 g/mol. The molecule has 0 atom stereocenters. The summed E-state index contributed by atoms with van der Waals surface area (Å²) in [6.45, 7) is 1.96. The van der Waals surface area contributed by atoms with E-state index < -0.39 is 0 Å². The number of aromatic nitrogens is 1. The number of nitrogens with zero attached hydrogens (tertiary/aromatic N) is 2. The molecule has 1 heterocycles. The second-order valence-electron chi connectivity index (χ2n) is 4.22. The molecule has 3 N–H and O–H groups in total. The number of nitrogen functional groups attached to an aromatic ring is 1. The van der Waals surface area contributed by atoms with Crippen molar-refractivity contribution in [2.24, 2.45) is 0 Å². The van der Waals surface area contributed by atoms with Gasteiger partial charge in [-0.25, -0.2) is 0 Å². The van der Waals surface area contributed by atoms with Crippen LogP contribution in [-0.4, -0.2) is 10.5 Å². The molecule has 0 unspecified atom stereocenters. The van der Waals surface area contributed by atoms with Crippen molar-refractivity contribution in [3.8, 4) is 6.07 Å². The average Bonchev–Trinajstić information content (AvgIpc) is 2.81. The number of nitriles is 1. The minimum absolute atomic E-state index is 0.0870. The third-order valence-electron chi connectivity index (χ3n) is 2.83. The number of hydrogen-bond donors (Lipinski definition) is 2. The van der Waals surface area contributed by atoms with Gasteiger partial charge >= 0.3 is 0 Å². The van der Waals surface area contributed by atoms with Crippen molar-refractivity contribution < 1.29 is 4.79 Å². The SMILES string of the molecule is Cc1cccc(N)c1NC(=O)Cn1cccc1C#N. The fourth-order valence-electron chi connectivity index (χ4n) is 1.85. The molecule has 0 radical (unpaired) electrons. The zero-order valence-corrected chi connectivity index (χ0v) is 10.6. The molecule has 1 amide bonds. The van der Waals surface area contributed by atoms with E-state index in [1.807, 2.05) is 25.1 Å². The number of anilines is 2.